The summed E-state index contributed by atoms with van der Waals surface area (Å²) in [6.07, 6.45) is 1.92. The highest BCUT2D eigenvalue weighted by Crippen LogP contribution is 2.40. The zero-order chi connectivity index (χ0) is 39.4. The van der Waals surface area contributed by atoms with Gasteiger partial charge in [0.25, 0.3) is 16.6 Å². The molecular formula is C48H59O5Si2. The van der Waals surface area contributed by atoms with Gasteiger partial charge in [0.2, 0.25) is 0 Å². The Morgan fingerprint density at radius 2 is 0.982 bits per heavy atom. The fraction of sp³-hybridized carbons (Fsp3) is 0.333. The highest BCUT2D eigenvalue weighted by molar-refractivity contribution is 7.00. The van der Waals surface area contributed by atoms with E-state index >= 15 is 0 Å². The van der Waals surface area contributed by atoms with E-state index in [9.17, 15) is 4.79 Å². The van der Waals surface area contributed by atoms with E-state index in [4.69, 9.17) is 18.3 Å². The van der Waals surface area contributed by atoms with Gasteiger partial charge in [-0.15, -0.1) is 0 Å². The van der Waals surface area contributed by atoms with Crippen LogP contribution < -0.4 is 20.7 Å². The Balaban J connectivity index is 1.65. The lowest BCUT2D eigenvalue weighted by Gasteiger charge is -2.47. The van der Waals surface area contributed by atoms with Gasteiger partial charge in [-0.05, 0) is 49.7 Å². The molecule has 0 unspecified atom stereocenters. The summed E-state index contributed by atoms with van der Waals surface area (Å²) in [6.45, 7) is 16.6. The lowest BCUT2D eigenvalue weighted by Crippen LogP contribution is -2.69. The van der Waals surface area contributed by atoms with E-state index in [1.807, 2.05) is 25.1 Å². The van der Waals surface area contributed by atoms with E-state index in [-0.39, 0.29) is 22.5 Å². The molecule has 0 aliphatic rings. The summed E-state index contributed by atoms with van der Waals surface area (Å²) in [5.74, 6) is -0.239. The Labute approximate surface area is 332 Å². The monoisotopic (exact) mass is 771 g/mol. The first kappa shape index (κ1) is 42.0. The topological polar surface area (TPSA) is 54.0 Å². The summed E-state index contributed by atoms with van der Waals surface area (Å²) in [5, 5.41) is 4.28. The van der Waals surface area contributed by atoms with Gasteiger partial charge in [0.1, 0.15) is 0 Å². The second-order valence-corrected chi connectivity index (χ2v) is 24.7. The van der Waals surface area contributed by atoms with Crippen molar-refractivity contribution >= 4 is 43.4 Å². The summed E-state index contributed by atoms with van der Waals surface area (Å²) in [7, 11) is -6.03. The van der Waals surface area contributed by atoms with Crippen molar-refractivity contribution < 1.29 is 23.1 Å². The van der Waals surface area contributed by atoms with Crippen molar-refractivity contribution in [3.05, 3.63) is 164 Å². The SMILES string of the molecule is CCOC(=O)CC[C@H]([CH][C@@H](CO[Si](c1ccccc1)(c1ccccc1)C(C)(C)C)O[Si](c1ccccc1)(c1ccccc1)C(C)(C)C)OCc1ccccc1. The van der Waals surface area contributed by atoms with Crippen molar-refractivity contribution in [3.8, 4) is 0 Å². The number of carbonyl (C=O) groups excluding carboxylic acids is 1. The minimum Gasteiger partial charge on any atom is -0.466 e. The predicted octanol–water partition coefficient (Wildman–Crippen LogP) is 8.64. The van der Waals surface area contributed by atoms with Gasteiger partial charge in [-0.1, -0.05) is 193 Å². The Morgan fingerprint density at radius 1 is 0.582 bits per heavy atom. The number of hydrogen-bond acceptors (Lipinski definition) is 5. The van der Waals surface area contributed by atoms with Crippen LogP contribution in [0.1, 0.15) is 66.9 Å². The van der Waals surface area contributed by atoms with Gasteiger partial charge >= 0.3 is 5.97 Å². The number of carbonyl (C=O) groups is 1. The molecule has 5 aromatic rings. The third kappa shape index (κ3) is 10.2. The molecular weight excluding hydrogens is 713 g/mol. The molecule has 7 heteroatoms. The van der Waals surface area contributed by atoms with Gasteiger partial charge in [-0.25, -0.2) is 0 Å². The molecule has 0 spiro atoms. The van der Waals surface area contributed by atoms with E-state index in [2.05, 4.69) is 181 Å². The zero-order valence-corrected chi connectivity index (χ0v) is 35.7. The molecule has 0 saturated heterocycles. The average molecular weight is 772 g/mol. The summed E-state index contributed by atoms with van der Waals surface area (Å²) in [4.78, 5) is 12.8. The summed E-state index contributed by atoms with van der Waals surface area (Å²) >= 11 is 0. The van der Waals surface area contributed by atoms with Gasteiger partial charge in [-0.2, -0.15) is 0 Å². The van der Waals surface area contributed by atoms with Crippen LogP contribution in [0.15, 0.2) is 152 Å². The van der Waals surface area contributed by atoms with Crippen molar-refractivity contribution in [2.75, 3.05) is 13.2 Å². The summed E-state index contributed by atoms with van der Waals surface area (Å²) < 4.78 is 27.6. The number of hydrogen-bond donors (Lipinski definition) is 0. The lowest BCUT2D eigenvalue weighted by atomic mass is 10.1. The smallest absolute Gasteiger partial charge is 0.305 e. The van der Waals surface area contributed by atoms with Crippen molar-refractivity contribution in [1.82, 2.24) is 0 Å². The fourth-order valence-electron chi connectivity index (χ4n) is 7.76. The molecule has 5 aromatic carbocycles. The fourth-order valence-corrected chi connectivity index (χ4v) is 16.9. The number of ether oxygens (including phenoxy) is 2. The zero-order valence-electron chi connectivity index (χ0n) is 33.7. The van der Waals surface area contributed by atoms with Crippen molar-refractivity contribution in [2.24, 2.45) is 0 Å². The van der Waals surface area contributed by atoms with Crippen LogP contribution in [0.5, 0.6) is 0 Å². The Kier molecular flexibility index (Phi) is 14.6. The molecule has 0 amide bonds. The third-order valence-corrected chi connectivity index (χ3v) is 20.4. The number of benzene rings is 5. The van der Waals surface area contributed by atoms with Gasteiger partial charge in [0.05, 0.1) is 32.0 Å². The van der Waals surface area contributed by atoms with Crippen LogP contribution in [0, 0.1) is 6.42 Å². The molecule has 0 aliphatic heterocycles. The molecule has 5 nitrogen and oxygen atoms in total. The minimum absolute atomic E-state index is 0.227. The molecule has 0 N–H and O–H groups in total. The molecule has 55 heavy (non-hydrogen) atoms. The Morgan fingerprint density at radius 3 is 1.38 bits per heavy atom. The van der Waals surface area contributed by atoms with Crippen molar-refractivity contribution in [2.45, 2.75) is 90.2 Å². The van der Waals surface area contributed by atoms with Gasteiger partial charge in [0, 0.05) is 12.8 Å². The highest BCUT2D eigenvalue weighted by atomic mass is 28.4. The predicted molar refractivity (Wildman–Crippen MR) is 231 cm³/mol. The maximum atomic E-state index is 12.8. The highest BCUT2D eigenvalue weighted by Gasteiger charge is 2.54. The summed E-state index contributed by atoms with van der Waals surface area (Å²) in [5.41, 5.74) is 1.06. The second kappa shape index (κ2) is 19.2. The molecule has 5 rings (SSSR count). The average Bonchev–Trinajstić information content (AvgIpc) is 3.19. The van der Waals surface area contributed by atoms with E-state index in [1.165, 1.54) is 20.7 Å². The quantitative estimate of drug-likeness (QED) is 0.0660. The van der Waals surface area contributed by atoms with E-state index < -0.39 is 28.8 Å². The largest absolute Gasteiger partial charge is 0.466 e. The van der Waals surface area contributed by atoms with Gasteiger partial charge < -0.3 is 18.3 Å². The van der Waals surface area contributed by atoms with Crippen LogP contribution in [0.4, 0.5) is 0 Å². The Hall–Kier alpha value is -4.12. The van der Waals surface area contributed by atoms with E-state index in [0.717, 1.165) is 5.56 Å². The molecule has 0 aliphatic carbocycles. The van der Waals surface area contributed by atoms with Crippen molar-refractivity contribution in [1.29, 1.82) is 0 Å². The van der Waals surface area contributed by atoms with Crippen LogP contribution in [0.2, 0.25) is 10.1 Å². The van der Waals surface area contributed by atoms with E-state index in [1.54, 1.807) is 0 Å². The number of rotatable bonds is 18. The normalized spacial score (nSPS) is 13.6. The first-order valence-corrected chi connectivity index (χ1v) is 23.4. The molecule has 0 heterocycles. The number of esters is 1. The standard InChI is InChI=1S/C48H59O5Si2/c1-8-50-46(49)35-34-40(51-37-39-24-14-9-15-25-39)36-41(53-55(48(5,6)7,44-30-20-12-21-31-44)45-32-22-13-23-33-45)38-52-54(47(2,3)4,42-26-16-10-17-27-42)43-28-18-11-19-29-43/h9-33,36,40-41H,8,34-35,37-38H2,1-7H3/t40-,41+/m1/s1. The molecule has 0 bridgehead atoms. The second-order valence-electron chi connectivity index (χ2n) is 16.2. The van der Waals surface area contributed by atoms with Crippen LogP contribution in [-0.2, 0) is 29.7 Å². The van der Waals surface area contributed by atoms with Crippen LogP contribution in [0.3, 0.4) is 0 Å². The lowest BCUT2D eigenvalue weighted by molar-refractivity contribution is -0.143. The molecule has 1 radical (unpaired) electrons. The maximum absolute atomic E-state index is 12.8. The molecule has 0 aromatic heterocycles. The molecule has 0 fully saturated rings. The van der Waals surface area contributed by atoms with Crippen LogP contribution >= 0.6 is 0 Å². The first-order valence-electron chi connectivity index (χ1n) is 19.6. The molecule has 2 atom stereocenters. The van der Waals surface area contributed by atoms with E-state index in [0.29, 0.717) is 26.2 Å². The minimum atomic E-state index is -3.07. The third-order valence-electron chi connectivity index (χ3n) is 10.3. The van der Waals surface area contributed by atoms with Crippen molar-refractivity contribution in [3.63, 3.8) is 0 Å². The summed E-state index contributed by atoms with van der Waals surface area (Å²) in [6, 6.07) is 53.0. The maximum Gasteiger partial charge on any atom is 0.305 e. The van der Waals surface area contributed by atoms with Gasteiger partial charge in [-0.3, -0.25) is 4.79 Å². The molecule has 289 valence electrons. The Bertz CT molecular complexity index is 1780. The molecule has 0 saturated carbocycles. The van der Waals surface area contributed by atoms with Crippen LogP contribution in [0.25, 0.3) is 0 Å². The van der Waals surface area contributed by atoms with Gasteiger partial charge in [0.15, 0.2) is 0 Å². The van der Waals surface area contributed by atoms with Crippen LogP contribution in [-0.4, -0.2) is 48.0 Å². The first-order chi connectivity index (χ1) is 26.4.